The molecule has 4 N–H and O–H groups in total. The summed E-state index contributed by atoms with van der Waals surface area (Å²) in [4.78, 5) is 15.5. The van der Waals surface area contributed by atoms with Crippen molar-refractivity contribution in [3.05, 3.63) is 35.8 Å². The highest BCUT2D eigenvalue weighted by atomic mass is 127. The number of aliphatic imine (C=N–C) groups is 1. The molecular formula is C18H25IN4O5. The van der Waals surface area contributed by atoms with Crippen LogP contribution in [-0.4, -0.2) is 39.7 Å². The van der Waals surface area contributed by atoms with Crippen LogP contribution >= 0.6 is 24.0 Å². The Hall–Kier alpha value is -2.63. The first kappa shape index (κ1) is 23.4. The summed E-state index contributed by atoms with van der Waals surface area (Å²) >= 11 is 0. The zero-order valence-electron chi connectivity index (χ0n) is 16.2. The lowest BCUT2D eigenvalue weighted by molar-refractivity contribution is 0.0972. The van der Waals surface area contributed by atoms with Gasteiger partial charge in [-0.25, -0.2) is 4.99 Å². The molecule has 2 aromatic rings. The van der Waals surface area contributed by atoms with Crippen LogP contribution in [-0.2, 0) is 6.54 Å². The van der Waals surface area contributed by atoms with Gasteiger partial charge < -0.3 is 35.0 Å². The van der Waals surface area contributed by atoms with Crippen molar-refractivity contribution < 1.29 is 23.4 Å². The van der Waals surface area contributed by atoms with E-state index in [1.54, 1.807) is 39.5 Å². The molecule has 0 aliphatic carbocycles. The third-order valence-electron chi connectivity index (χ3n) is 3.57. The van der Waals surface area contributed by atoms with E-state index in [4.69, 9.17) is 24.4 Å². The topological polar surface area (TPSA) is 120 Å². The Morgan fingerprint density at radius 3 is 2.25 bits per heavy atom. The summed E-state index contributed by atoms with van der Waals surface area (Å²) in [6.07, 6.45) is 0. The molecule has 1 aromatic carbocycles. The number of carbonyl (C=O) groups excluding carboxylic acids is 1. The van der Waals surface area contributed by atoms with Gasteiger partial charge in [0.2, 0.25) is 5.75 Å². The number of anilines is 1. The molecule has 0 aliphatic rings. The molecule has 0 unspecified atom stereocenters. The Labute approximate surface area is 180 Å². The van der Waals surface area contributed by atoms with Gasteiger partial charge in [0, 0.05) is 24.4 Å². The van der Waals surface area contributed by atoms with Crippen LogP contribution in [0.2, 0.25) is 0 Å². The molecule has 2 rings (SSSR count). The van der Waals surface area contributed by atoms with Crippen molar-refractivity contribution in [3.63, 3.8) is 0 Å². The molecule has 0 saturated heterocycles. The Bertz CT molecular complexity index is 797. The fraction of sp³-hybridized carbons (Fsp3) is 0.333. The molecule has 0 radical (unpaired) electrons. The molecule has 10 heteroatoms. The predicted octanol–water partition coefficient (Wildman–Crippen LogP) is 2.60. The minimum absolute atomic E-state index is 0. The van der Waals surface area contributed by atoms with Crippen LogP contribution in [0.15, 0.2) is 33.7 Å². The van der Waals surface area contributed by atoms with Crippen LogP contribution in [0.25, 0.3) is 0 Å². The van der Waals surface area contributed by atoms with Gasteiger partial charge in [-0.15, -0.1) is 24.0 Å². The number of rotatable bonds is 8. The van der Waals surface area contributed by atoms with Gasteiger partial charge in [-0.3, -0.25) is 4.79 Å². The van der Waals surface area contributed by atoms with E-state index in [1.165, 1.54) is 6.07 Å². The SMILES string of the molecule is CCNC(=NCc1ccc(C(N)=O)o1)Nc1cc(OC)c(OC)c(OC)c1.I. The first-order valence-electron chi connectivity index (χ1n) is 8.26. The summed E-state index contributed by atoms with van der Waals surface area (Å²) in [5.41, 5.74) is 5.88. The predicted molar refractivity (Wildman–Crippen MR) is 117 cm³/mol. The monoisotopic (exact) mass is 504 g/mol. The number of amides is 1. The largest absolute Gasteiger partial charge is 0.493 e. The second-order valence-corrected chi connectivity index (χ2v) is 5.36. The standard InChI is InChI=1S/C18H24N4O5.HI/c1-5-20-18(21-10-12-6-7-13(27-12)17(19)23)22-11-8-14(24-2)16(26-4)15(9-11)25-3;/h6-9H,5,10H2,1-4H3,(H2,19,23)(H2,20,21,22);1H. The number of guanidine groups is 1. The molecule has 1 heterocycles. The number of nitrogens with one attached hydrogen (secondary N) is 2. The van der Waals surface area contributed by atoms with Crippen LogP contribution in [0.4, 0.5) is 5.69 Å². The fourth-order valence-corrected chi connectivity index (χ4v) is 2.35. The van der Waals surface area contributed by atoms with Crippen molar-refractivity contribution in [2.75, 3.05) is 33.2 Å². The maximum atomic E-state index is 11.1. The first-order chi connectivity index (χ1) is 13.0. The molecule has 0 bridgehead atoms. The Kier molecular flexibility index (Phi) is 9.42. The summed E-state index contributed by atoms with van der Waals surface area (Å²) in [5, 5.41) is 6.30. The van der Waals surface area contributed by atoms with Crippen molar-refractivity contribution in [2.24, 2.45) is 10.7 Å². The van der Waals surface area contributed by atoms with Crippen LogP contribution in [0, 0.1) is 0 Å². The average Bonchev–Trinajstić information content (AvgIpc) is 3.14. The Morgan fingerprint density at radius 1 is 1.14 bits per heavy atom. The summed E-state index contributed by atoms with van der Waals surface area (Å²) in [7, 11) is 4.64. The van der Waals surface area contributed by atoms with E-state index in [9.17, 15) is 4.79 Å². The lowest BCUT2D eigenvalue weighted by atomic mass is 10.2. The number of halogens is 1. The smallest absolute Gasteiger partial charge is 0.284 e. The molecule has 154 valence electrons. The molecule has 1 aromatic heterocycles. The zero-order valence-corrected chi connectivity index (χ0v) is 18.5. The van der Waals surface area contributed by atoms with E-state index in [0.29, 0.717) is 41.2 Å². The molecule has 0 aliphatic heterocycles. The number of primary amides is 1. The zero-order chi connectivity index (χ0) is 19.8. The first-order valence-corrected chi connectivity index (χ1v) is 8.26. The van der Waals surface area contributed by atoms with Crippen LogP contribution < -0.4 is 30.6 Å². The van der Waals surface area contributed by atoms with E-state index < -0.39 is 5.91 Å². The number of furan rings is 1. The second kappa shape index (κ2) is 11.3. The lowest BCUT2D eigenvalue weighted by Crippen LogP contribution is -2.30. The number of nitrogens with zero attached hydrogens (tertiary/aromatic N) is 1. The molecule has 0 fully saturated rings. The third kappa shape index (κ3) is 5.94. The van der Waals surface area contributed by atoms with Crippen molar-refractivity contribution in [1.82, 2.24) is 5.32 Å². The maximum Gasteiger partial charge on any atom is 0.284 e. The molecular weight excluding hydrogens is 479 g/mol. The number of ether oxygens (including phenoxy) is 3. The van der Waals surface area contributed by atoms with Gasteiger partial charge in [0.15, 0.2) is 23.2 Å². The average molecular weight is 504 g/mol. The minimum Gasteiger partial charge on any atom is -0.493 e. The van der Waals surface area contributed by atoms with Crippen LogP contribution in [0.3, 0.4) is 0 Å². The lowest BCUT2D eigenvalue weighted by Gasteiger charge is -2.16. The number of methoxy groups -OCH3 is 3. The van der Waals surface area contributed by atoms with Crippen molar-refractivity contribution >= 4 is 41.5 Å². The van der Waals surface area contributed by atoms with Gasteiger partial charge in [-0.2, -0.15) is 0 Å². The highest BCUT2D eigenvalue weighted by Gasteiger charge is 2.14. The summed E-state index contributed by atoms with van der Waals surface area (Å²) < 4.78 is 21.4. The number of hydrogen-bond donors (Lipinski definition) is 3. The summed E-state index contributed by atoms with van der Waals surface area (Å²) in [6.45, 7) is 2.83. The molecule has 0 saturated carbocycles. The Balaban J connectivity index is 0.00000392. The fourth-order valence-electron chi connectivity index (χ4n) is 2.35. The summed E-state index contributed by atoms with van der Waals surface area (Å²) in [5.74, 6) is 2.06. The number of carbonyl (C=O) groups is 1. The second-order valence-electron chi connectivity index (χ2n) is 5.36. The molecule has 9 nitrogen and oxygen atoms in total. The number of benzene rings is 1. The van der Waals surface area contributed by atoms with Gasteiger partial charge in [-0.1, -0.05) is 0 Å². The van der Waals surface area contributed by atoms with Crippen molar-refractivity contribution in [2.45, 2.75) is 13.5 Å². The molecule has 28 heavy (non-hydrogen) atoms. The van der Waals surface area contributed by atoms with Gasteiger partial charge in [0.25, 0.3) is 5.91 Å². The molecule has 0 atom stereocenters. The van der Waals surface area contributed by atoms with E-state index in [0.717, 1.165) is 0 Å². The van der Waals surface area contributed by atoms with E-state index in [-0.39, 0.29) is 36.3 Å². The van der Waals surface area contributed by atoms with Gasteiger partial charge in [0.05, 0.1) is 21.3 Å². The number of hydrogen-bond acceptors (Lipinski definition) is 6. The van der Waals surface area contributed by atoms with E-state index in [2.05, 4.69) is 15.6 Å². The van der Waals surface area contributed by atoms with Crippen LogP contribution in [0.1, 0.15) is 23.2 Å². The van der Waals surface area contributed by atoms with Gasteiger partial charge in [0.1, 0.15) is 12.3 Å². The van der Waals surface area contributed by atoms with Crippen molar-refractivity contribution in [3.8, 4) is 17.2 Å². The highest BCUT2D eigenvalue weighted by molar-refractivity contribution is 14.0. The van der Waals surface area contributed by atoms with Gasteiger partial charge in [-0.05, 0) is 19.1 Å². The van der Waals surface area contributed by atoms with E-state index in [1.807, 2.05) is 6.92 Å². The third-order valence-corrected chi connectivity index (χ3v) is 3.57. The number of nitrogens with two attached hydrogens (primary N) is 1. The highest BCUT2D eigenvalue weighted by Crippen LogP contribution is 2.39. The van der Waals surface area contributed by atoms with E-state index >= 15 is 0 Å². The quantitative estimate of drug-likeness (QED) is 0.287. The van der Waals surface area contributed by atoms with Gasteiger partial charge >= 0.3 is 0 Å². The molecule has 1 amide bonds. The normalized spacial score (nSPS) is 10.6. The minimum atomic E-state index is -0.618. The molecule has 0 spiro atoms. The van der Waals surface area contributed by atoms with Crippen LogP contribution in [0.5, 0.6) is 17.2 Å². The maximum absolute atomic E-state index is 11.1. The summed E-state index contributed by atoms with van der Waals surface area (Å²) in [6, 6.07) is 6.72. The Morgan fingerprint density at radius 2 is 1.79 bits per heavy atom. The van der Waals surface area contributed by atoms with Crippen molar-refractivity contribution in [1.29, 1.82) is 0 Å².